The van der Waals surface area contributed by atoms with Crippen LogP contribution in [0.25, 0.3) is 0 Å². The van der Waals surface area contributed by atoms with E-state index >= 15 is 0 Å². The number of ether oxygens (including phenoxy) is 2. The van der Waals surface area contributed by atoms with Gasteiger partial charge in [-0.2, -0.15) is 0 Å². The van der Waals surface area contributed by atoms with E-state index in [4.69, 9.17) is 9.47 Å². The summed E-state index contributed by atoms with van der Waals surface area (Å²) in [6.07, 6.45) is 2.17. The molecule has 1 aliphatic heterocycles. The maximum atomic E-state index is 14.0. The van der Waals surface area contributed by atoms with Crippen LogP contribution in [0.2, 0.25) is 0 Å². The molecule has 0 saturated heterocycles. The summed E-state index contributed by atoms with van der Waals surface area (Å²) in [6.45, 7) is 5.68. The third-order valence-electron chi connectivity index (χ3n) is 6.02. The molecule has 1 amide bonds. The molecule has 2 heterocycles. The maximum Gasteiger partial charge on any atom is 0.277 e. The number of aromatic nitrogens is 1. The number of benzene rings is 1. The molecule has 0 bridgehead atoms. The smallest absolute Gasteiger partial charge is 0.277 e. The van der Waals surface area contributed by atoms with Gasteiger partial charge in [-0.05, 0) is 44.7 Å². The predicted molar refractivity (Wildman–Crippen MR) is 133 cm³/mol. The quantitative estimate of drug-likeness (QED) is 0.320. The van der Waals surface area contributed by atoms with Gasteiger partial charge in [0.05, 0.1) is 11.7 Å². The van der Waals surface area contributed by atoms with Gasteiger partial charge in [0.15, 0.2) is 17.2 Å². The van der Waals surface area contributed by atoms with Crippen molar-refractivity contribution < 1.29 is 33.0 Å². The number of fused-ring (bicyclic) bond motifs is 1. The third-order valence-corrected chi connectivity index (χ3v) is 6.02. The van der Waals surface area contributed by atoms with Crippen molar-refractivity contribution in [2.75, 3.05) is 45.1 Å². The first-order chi connectivity index (χ1) is 17.6. The van der Waals surface area contributed by atoms with Crippen molar-refractivity contribution in [3.8, 4) is 5.75 Å². The predicted octanol–water partition coefficient (Wildman–Crippen LogP) is 2.85. The number of aromatic hydroxyl groups is 1. The Kier molecular flexibility index (Phi) is 9.76. The molecule has 0 aliphatic carbocycles. The van der Waals surface area contributed by atoms with Crippen LogP contribution < -0.4 is 10.4 Å². The van der Waals surface area contributed by atoms with E-state index in [9.17, 15) is 28.3 Å². The third kappa shape index (κ3) is 6.92. The molecule has 11 heteroatoms. The molecular formula is C26H33F2N3O6. The highest BCUT2D eigenvalue weighted by Crippen LogP contribution is 2.23. The largest absolute Gasteiger partial charge is 0.502 e. The van der Waals surface area contributed by atoms with Gasteiger partial charge in [0.2, 0.25) is 5.43 Å². The Bertz CT molecular complexity index is 1180. The minimum Gasteiger partial charge on any atom is -0.502 e. The second-order valence-electron chi connectivity index (χ2n) is 9.13. The van der Waals surface area contributed by atoms with Crippen LogP contribution in [0.4, 0.5) is 8.78 Å². The monoisotopic (exact) mass is 521 g/mol. The van der Waals surface area contributed by atoms with Gasteiger partial charge in [-0.15, -0.1) is 0 Å². The van der Waals surface area contributed by atoms with E-state index in [0.29, 0.717) is 39.1 Å². The van der Waals surface area contributed by atoms with E-state index in [1.165, 1.54) is 21.8 Å². The number of carbonyl (C=O) groups excluding carboxylic acids is 2. The van der Waals surface area contributed by atoms with Crippen LogP contribution in [0.1, 0.15) is 59.5 Å². The average Bonchev–Trinajstić information content (AvgIpc) is 2.85. The van der Waals surface area contributed by atoms with Gasteiger partial charge < -0.3 is 19.5 Å². The molecule has 1 N–H and O–H groups in total. The van der Waals surface area contributed by atoms with E-state index in [-0.39, 0.29) is 42.4 Å². The Hall–Kier alpha value is -3.31. The number of methoxy groups -OCH3 is 1. The number of halogens is 2. The summed E-state index contributed by atoms with van der Waals surface area (Å²) < 4.78 is 39.2. The highest BCUT2D eigenvalue weighted by molar-refractivity contribution is 6.00. The molecule has 202 valence electrons. The molecule has 0 fully saturated rings. The lowest BCUT2D eigenvalue weighted by molar-refractivity contribution is 0.0566. The van der Waals surface area contributed by atoms with Crippen molar-refractivity contribution in [2.45, 2.75) is 45.6 Å². The van der Waals surface area contributed by atoms with Crippen LogP contribution in [0.15, 0.2) is 29.2 Å². The number of nitrogens with zero attached hydrogens (tertiary/aromatic N) is 3. The molecule has 2 aromatic rings. The minimum atomic E-state index is -0.967. The summed E-state index contributed by atoms with van der Waals surface area (Å²) in [4.78, 5) is 40.6. The summed E-state index contributed by atoms with van der Waals surface area (Å²) >= 11 is 0. The SMILES string of the molecule is COCCCN1CN(CCCOC(C)C)C(=O)c2c(O)c(=O)c(C(=O)CCc3ccc(F)cc3F)cn21. The van der Waals surface area contributed by atoms with Crippen molar-refractivity contribution in [3.63, 3.8) is 0 Å². The lowest BCUT2D eigenvalue weighted by Gasteiger charge is -2.40. The van der Waals surface area contributed by atoms with Crippen molar-refractivity contribution in [2.24, 2.45) is 0 Å². The van der Waals surface area contributed by atoms with Crippen molar-refractivity contribution in [1.82, 2.24) is 9.58 Å². The van der Waals surface area contributed by atoms with E-state index in [1.54, 1.807) is 12.1 Å². The molecule has 1 aliphatic rings. The fraction of sp³-hybridized carbons (Fsp3) is 0.500. The van der Waals surface area contributed by atoms with Crippen molar-refractivity contribution >= 4 is 11.7 Å². The first kappa shape index (κ1) is 28.3. The van der Waals surface area contributed by atoms with Crippen LogP contribution >= 0.6 is 0 Å². The zero-order valence-corrected chi connectivity index (χ0v) is 21.3. The number of pyridine rings is 1. The molecule has 0 unspecified atom stereocenters. The van der Waals surface area contributed by atoms with Crippen LogP contribution in [-0.2, 0) is 15.9 Å². The van der Waals surface area contributed by atoms with Gasteiger partial charge >= 0.3 is 0 Å². The highest BCUT2D eigenvalue weighted by atomic mass is 19.1. The van der Waals surface area contributed by atoms with Gasteiger partial charge in [0.25, 0.3) is 5.91 Å². The number of carbonyl (C=O) groups is 2. The molecule has 1 aromatic carbocycles. The molecule has 0 atom stereocenters. The Morgan fingerprint density at radius 1 is 1.14 bits per heavy atom. The summed E-state index contributed by atoms with van der Waals surface area (Å²) in [6, 6.07) is 3.06. The normalized spacial score (nSPS) is 13.4. The van der Waals surface area contributed by atoms with E-state index in [0.717, 1.165) is 12.1 Å². The lowest BCUT2D eigenvalue weighted by atomic mass is 10.0. The molecule has 3 rings (SSSR count). The number of ketones is 1. The molecule has 0 saturated carbocycles. The molecule has 0 spiro atoms. The number of hydrogen-bond acceptors (Lipinski definition) is 7. The topological polar surface area (TPSA) is 101 Å². The Morgan fingerprint density at radius 3 is 2.54 bits per heavy atom. The van der Waals surface area contributed by atoms with Crippen molar-refractivity contribution in [3.05, 3.63) is 63.1 Å². The van der Waals surface area contributed by atoms with Crippen LogP contribution in [-0.4, -0.2) is 72.6 Å². The maximum absolute atomic E-state index is 14.0. The van der Waals surface area contributed by atoms with Gasteiger partial charge in [-0.25, -0.2) is 8.78 Å². The van der Waals surface area contributed by atoms with Gasteiger partial charge in [-0.3, -0.25) is 24.1 Å². The second kappa shape index (κ2) is 12.8. The molecule has 37 heavy (non-hydrogen) atoms. The zero-order chi connectivity index (χ0) is 27.1. The number of Topliss-reactive ketones (excluding diaryl/α,β-unsaturated/α-hetero) is 1. The standard InChI is InChI=1S/C26H33F2N3O6/c1-17(2)37-13-4-10-29-16-30(11-5-12-36-3)31-15-20(24(33)25(34)23(31)26(29)35)22(32)9-7-18-6-8-19(27)14-21(18)28/h6,8,14-15,17,34H,4-5,7,9-13,16H2,1-3H3. The van der Waals surface area contributed by atoms with E-state index < -0.39 is 34.5 Å². The first-order valence-corrected chi connectivity index (χ1v) is 12.2. The van der Waals surface area contributed by atoms with Crippen LogP contribution in [0.3, 0.4) is 0 Å². The number of hydrogen-bond donors (Lipinski definition) is 1. The summed E-state index contributed by atoms with van der Waals surface area (Å²) in [5.41, 5.74) is -1.37. The first-order valence-electron chi connectivity index (χ1n) is 12.2. The number of aryl methyl sites for hydroxylation is 1. The Labute approximate surface area is 214 Å². The van der Waals surface area contributed by atoms with E-state index in [1.807, 2.05) is 13.8 Å². The summed E-state index contributed by atoms with van der Waals surface area (Å²) in [5, 5.41) is 12.5. The van der Waals surface area contributed by atoms with Gasteiger partial charge in [-0.1, -0.05) is 6.07 Å². The zero-order valence-electron chi connectivity index (χ0n) is 21.3. The summed E-state index contributed by atoms with van der Waals surface area (Å²) in [5.74, 6) is -3.49. The Balaban J connectivity index is 1.87. The lowest BCUT2D eigenvalue weighted by Crippen LogP contribution is -2.55. The fourth-order valence-corrected chi connectivity index (χ4v) is 4.11. The number of rotatable bonds is 13. The van der Waals surface area contributed by atoms with E-state index in [2.05, 4.69) is 0 Å². The molecule has 9 nitrogen and oxygen atoms in total. The van der Waals surface area contributed by atoms with Gasteiger partial charge in [0.1, 0.15) is 18.3 Å². The molecule has 1 aromatic heterocycles. The molecule has 0 radical (unpaired) electrons. The number of amides is 1. The highest BCUT2D eigenvalue weighted by Gasteiger charge is 2.34. The minimum absolute atomic E-state index is 0.0569. The molecular weight excluding hydrogens is 488 g/mol. The average molecular weight is 522 g/mol. The summed E-state index contributed by atoms with van der Waals surface area (Å²) in [7, 11) is 1.57. The Morgan fingerprint density at radius 2 is 1.86 bits per heavy atom. The second-order valence-corrected chi connectivity index (χ2v) is 9.13. The van der Waals surface area contributed by atoms with Crippen LogP contribution in [0, 0.1) is 11.6 Å². The fourth-order valence-electron chi connectivity index (χ4n) is 4.11. The van der Waals surface area contributed by atoms with Gasteiger partial charge in [0, 0.05) is 52.1 Å². The van der Waals surface area contributed by atoms with Crippen LogP contribution in [0.5, 0.6) is 5.75 Å². The van der Waals surface area contributed by atoms with Crippen molar-refractivity contribution in [1.29, 1.82) is 0 Å².